The fourth-order valence-corrected chi connectivity index (χ4v) is 1.60. The first-order valence-corrected chi connectivity index (χ1v) is 5.49. The van der Waals surface area contributed by atoms with Crippen molar-refractivity contribution < 1.29 is 0 Å². The highest BCUT2D eigenvalue weighted by Crippen LogP contribution is 2.19. The van der Waals surface area contributed by atoms with Crippen LogP contribution in [0.25, 0.3) is 5.57 Å². The van der Waals surface area contributed by atoms with Gasteiger partial charge in [0, 0.05) is 0 Å². The zero-order chi connectivity index (χ0) is 10.4. The molecule has 0 aliphatic carbocycles. The first-order valence-electron chi connectivity index (χ1n) is 5.49. The van der Waals surface area contributed by atoms with E-state index in [2.05, 4.69) is 44.7 Å². The summed E-state index contributed by atoms with van der Waals surface area (Å²) >= 11 is 0. The topological polar surface area (TPSA) is 0 Å². The molecule has 1 aromatic rings. The van der Waals surface area contributed by atoms with Gasteiger partial charge in [0.05, 0.1) is 0 Å². The van der Waals surface area contributed by atoms with E-state index < -0.39 is 0 Å². The highest BCUT2D eigenvalue weighted by molar-refractivity contribution is 5.63. The zero-order valence-electron chi connectivity index (χ0n) is 9.34. The van der Waals surface area contributed by atoms with E-state index in [-0.39, 0.29) is 0 Å². The molecule has 0 fully saturated rings. The molecule has 1 rings (SSSR count). The number of benzene rings is 1. The van der Waals surface area contributed by atoms with Crippen LogP contribution in [0.5, 0.6) is 0 Å². The van der Waals surface area contributed by atoms with E-state index >= 15 is 0 Å². The smallest absolute Gasteiger partial charge is 0.0228 e. The molecular formula is C14H20. The van der Waals surface area contributed by atoms with E-state index in [0.717, 1.165) is 6.42 Å². The van der Waals surface area contributed by atoms with E-state index in [9.17, 15) is 0 Å². The Kier molecular flexibility index (Phi) is 4.45. The molecule has 0 aliphatic heterocycles. The van der Waals surface area contributed by atoms with Gasteiger partial charge in [0.1, 0.15) is 0 Å². The molecule has 0 spiro atoms. The summed E-state index contributed by atoms with van der Waals surface area (Å²) in [5.74, 6) is 0. The summed E-state index contributed by atoms with van der Waals surface area (Å²) in [5, 5.41) is 0. The molecule has 0 saturated carbocycles. The van der Waals surface area contributed by atoms with E-state index in [1.807, 2.05) is 0 Å². The van der Waals surface area contributed by atoms with Crippen LogP contribution in [0.4, 0.5) is 0 Å². The van der Waals surface area contributed by atoms with Gasteiger partial charge in [-0.2, -0.15) is 0 Å². The lowest BCUT2D eigenvalue weighted by Gasteiger charge is -2.06. The summed E-state index contributed by atoms with van der Waals surface area (Å²) in [4.78, 5) is 0. The molecule has 0 radical (unpaired) electrons. The zero-order valence-corrected chi connectivity index (χ0v) is 9.34. The van der Waals surface area contributed by atoms with Gasteiger partial charge in [-0.3, -0.25) is 0 Å². The van der Waals surface area contributed by atoms with Crippen LogP contribution >= 0.6 is 0 Å². The van der Waals surface area contributed by atoms with Crippen molar-refractivity contribution >= 4 is 5.57 Å². The Morgan fingerprint density at radius 3 is 2.71 bits per heavy atom. The highest BCUT2D eigenvalue weighted by atomic mass is 14.0. The first-order chi connectivity index (χ1) is 6.74. The summed E-state index contributed by atoms with van der Waals surface area (Å²) < 4.78 is 0. The number of unbranched alkanes of at least 4 members (excludes halogenated alkanes) is 2. The minimum Gasteiger partial charge on any atom is -0.0952 e. The van der Waals surface area contributed by atoms with Gasteiger partial charge in [-0.1, -0.05) is 56.2 Å². The van der Waals surface area contributed by atoms with Gasteiger partial charge in [0.25, 0.3) is 0 Å². The van der Waals surface area contributed by atoms with Crippen molar-refractivity contribution in [2.75, 3.05) is 0 Å². The maximum absolute atomic E-state index is 4.14. The summed E-state index contributed by atoms with van der Waals surface area (Å²) in [6, 6.07) is 8.61. The molecular weight excluding hydrogens is 168 g/mol. The molecule has 0 aromatic heterocycles. The number of hydrogen-bond acceptors (Lipinski definition) is 0. The average molecular weight is 188 g/mol. The molecule has 0 aliphatic rings. The SMILES string of the molecule is C=C(CCCCC)c1cccc(C)c1. The summed E-state index contributed by atoms with van der Waals surface area (Å²) in [7, 11) is 0. The molecule has 0 amide bonds. The third-order valence-electron chi connectivity index (χ3n) is 2.51. The predicted molar refractivity (Wildman–Crippen MR) is 64.4 cm³/mol. The number of aryl methyl sites for hydroxylation is 1. The normalized spacial score (nSPS) is 10.1. The fourth-order valence-electron chi connectivity index (χ4n) is 1.60. The van der Waals surface area contributed by atoms with E-state index in [1.54, 1.807) is 0 Å². The van der Waals surface area contributed by atoms with Crippen molar-refractivity contribution in [2.24, 2.45) is 0 Å². The Labute approximate surface area is 87.7 Å². The third kappa shape index (κ3) is 3.37. The summed E-state index contributed by atoms with van der Waals surface area (Å²) in [6.07, 6.45) is 4.99. The third-order valence-corrected chi connectivity index (χ3v) is 2.51. The molecule has 0 atom stereocenters. The minimum atomic E-state index is 1.14. The molecule has 76 valence electrons. The van der Waals surface area contributed by atoms with Crippen molar-refractivity contribution in [2.45, 2.75) is 39.5 Å². The van der Waals surface area contributed by atoms with Crippen LogP contribution in [0.1, 0.15) is 43.7 Å². The van der Waals surface area contributed by atoms with Crippen LogP contribution in [-0.4, -0.2) is 0 Å². The molecule has 0 nitrogen and oxygen atoms in total. The van der Waals surface area contributed by atoms with Gasteiger partial charge in [-0.25, -0.2) is 0 Å². The Bertz CT molecular complexity index is 297. The lowest BCUT2D eigenvalue weighted by Crippen LogP contribution is -1.84. The standard InChI is InChI=1S/C14H20/c1-4-5-6-9-13(3)14-10-7-8-12(2)11-14/h7-8,10-11H,3-6,9H2,1-2H3. The van der Waals surface area contributed by atoms with Crippen LogP contribution in [-0.2, 0) is 0 Å². The van der Waals surface area contributed by atoms with Crippen molar-refractivity contribution in [3.63, 3.8) is 0 Å². The van der Waals surface area contributed by atoms with Gasteiger partial charge >= 0.3 is 0 Å². The summed E-state index contributed by atoms with van der Waals surface area (Å²) in [5.41, 5.74) is 3.90. The van der Waals surface area contributed by atoms with Crippen molar-refractivity contribution in [1.82, 2.24) is 0 Å². The Hall–Kier alpha value is -1.04. The van der Waals surface area contributed by atoms with Crippen LogP contribution in [0, 0.1) is 6.92 Å². The Morgan fingerprint density at radius 1 is 1.29 bits per heavy atom. The first kappa shape index (κ1) is 11.0. The van der Waals surface area contributed by atoms with E-state index in [4.69, 9.17) is 0 Å². The quantitative estimate of drug-likeness (QED) is 0.593. The summed E-state index contributed by atoms with van der Waals surface area (Å²) in [6.45, 7) is 8.50. The maximum atomic E-state index is 4.14. The van der Waals surface area contributed by atoms with Crippen molar-refractivity contribution in [1.29, 1.82) is 0 Å². The largest absolute Gasteiger partial charge is 0.0952 e. The predicted octanol–water partition coefficient (Wildman–Crippen LogP) is 4.59. The average Bonchev–Trinajstić information content (AvgIpc) is 2.18. The molecule has 14 heavy (non-hydrogen) atoms. The van der Waals surface area contributed by atoms with Crippen LogP contribution in [0.2, 0.25) is 0 Å². The lowest BCUT2D eigenvalue weighted by atomic mass is 10.00. The van der Waals surface area contributed by atoms with Crippen LogP contribution in [0.3, 0.4) is 0 Å². The Balaban J connectivity index is 2.52. The van der Waals surface area contributed by atoms with Gasteiger partial charge in [0.15, 0.2) is 0 Å². The molecule has 0 bridgehead atoms. The molecule has 0 heterocycles. The second-order valence-corrected chi connectivity index (χ2v) is 3.93. The molecule has 1 aromatic carbocycles. The molecule has 0 unspecified atom stereocenters. The fraction of sp³-hybridized carbons (Fsp3) is 0.429. The molecule has 0 heteroatoms. The van der Waals surface area contributed by atoms with Crippen LogP contribution in [0.15, 0.2) is 30.8 Å². The second-order valence-electron chi connectivity index (χ2n) is 3.93. The van der Waals surface area contributed by atoms with Gasteiger partial charge in [-0.15, -0.1) is 0 Å². The number of hydrogen-bond donors (Lipinski definition) is 0. The lowest BCUT2D eigenvalue weighted by molar-refractivity contribution is 0.736. The van der Waals surface area contributed by atoms with Gasteiger partial charge < -0.3 is 0 Å². The second kappa shape index (κ2) is 5.64. The van der Waals surface area contributed by atoms with Gasteiger partial charge in [0.2, 0.25) is 0 Å². The molecule has 0 saturated heterocycles. The number of allylic oxidation sites excluding steroid dienone is 1. The van der Waals surface area contributed by atoms with Crippen LogP contribution < -0.4 is 0 Å². The van der Waals surface area contributed by atoms with E-state index in [1.165, 1.54) is 36.0 Å². The highest BCUT2D eigenvalue weighted by Gasteiger charge is 1.98. The molecule has 0 N–H and O–H groups in total. The monoisotopic (exact) mass is 188 g/mol. The van der Waals surface area contributed by atoms with Crippen molar-refractivity contribution in [3.05, 3.63) is 42.0 Å². The number of rotatable bonds is 5. The van der Waals surface area contributed by atoms with Crippen molar-refractivity contribution in [3.8, 4) is 0 Å². The van der Waals surface area contributed by atoms with E-state index in [0.29, 0.717) is 0 Å². The minimum absolute atomic E-state index is 1.14. The van der Waals surface area contributed by atoms with Gasteiger partial charge in [-0.05, 0) is 30.9 Å². The Morgan fingerprint density at radius 2 is 2.07 bits per heavy atom. The maximum Gasteiger partial charge on any atom is -0.0228 e.